The molecule has 3 atom stereocenters. The Morgan fingerprint density at radius 3 is 1.71 bits per heavy atom. The van der Waals surface area contributed by atoms with Crippen molar-refractivity contribution in [2.45, 2.75) is 96.6 Å². The summed E-state index contributed by atoms with van der Waals surface area (Å²) in [6.45, 7) is 1.73. The van der Waals surface area contributed by atoms with E-state index in [1.54, 1.807) is 6.92 Å². The Morgan fingerprint density at radius 2 is 1.22 bits per heavy atom. The average molecular weight is 654 g/mol. The van der Waals surface area contributed by atoms with Crippen LogP contribution < -0.4 is 5.32 Å². The number of nitrogens with one attached hydrogen (secondary N) is 1. The number of phosphoric acid groups is 1. The highest BCUT2D eigenvalue weighted by Crippen LogP contribution is 2.43. The summed E-state index contributed by atoms with van der Waals surface area (Å²) < 4.78 is 25.9. The van der Waals surface area contributed by atoms with Gasteiger partial charge >= 0.3 is 19.8 Å². The summed E-state index contributed by atoms with van der Waals surface area (Å²) in [7, 11) is -4.73. The maximum absolute atomic E-state index is 12.1. The van der Waals surface area contributed by atoms with Crippen molar-refractivity contribution in [3.63, 3.8) is 0 Å². The molecular weight excluding hydrogens is 601 g/mol. The van der Waals surface area contributed by atoms with Crippen molar-refractivity contribution in [2.75, 3.05) is 19.8 Å². The summed E-state index contributed by atoms with van der Waals surface area (Å²) >= 11 is 0. The van der Waals surface area contributed by atoms with Crippen LogP contribution in [0.3, 0.4) is 0 Å². The molecule has 0 aliphatic rings. The minimum Gasteiger partial charge on any atom is -0.480 e. The van der Waals surface area contributed by atoms with E-state index in [0.29, 0.717) is 6.42 Å². The zero-order chi connectivity index (χ0) is 33.6. The van der Waals surface area contributed by atoms with Crippen molar-refractivity contribution in [3.8, 4) is 0 Å². The highest BCUT2D eigenvalue weighted by molar-refractivity contribution is 7.47. The van der Waals surface area contributed by atoms with E-state index in [1.807, 2.05) is 6.08 Å². The van der Waals surface area contributed by atoms with Crippen LogP contribution in [-0.2, 0) is 32.7 Å². The second-order valence-electron chi connectivity index (χ2n) is 9.87. The molecule has 1 amide bonds. The number of carboxylic acids is 1. The third kappa shape index (κ3) is 28.2. The maximum Gasteiger partial charge on any atom is 0.472 e. The number of aliphatic hydroxyl groups is 1. The molecule has 0 saturated carbocycles. The normalized spacial score (nSPS) is 15.1. The van der Waals surface area contributed by atoms with Crippen LogP contribution >= 0.6 is 7.82 Å². The number of aliphatic hydroxyl groups excluding tert-OH is 1. The quantitative estimate of drug-likeness (QED) is 0.0344. The van der Waals surface area contributed by atoms with Crippen molar-refractivity contribution in [3.05, 3.63) is 72.9 Å². The van der Waals surface area contributed by atoms with Gasteiger partial charge in [-0.1, -0.05) is 86.8 Å². The van der Waals surface area contributed by atoms with Gasteiger partial charge in [0.15, 0.2) is 6.04 Å². The Morgan fingerprint density at radius 1 is 0.733 bits per heavy atom. The number of phosphoric ester groups is 1. The number of ether oxygens (including phenoxy) is 1. The number of allylic oxidation sites excluding steroid dienone is 12. The Bertz CT molecular complexity index is 1050. The molecule has 0 aromatic heterocycles. The first-order valence-corrected chi connectivity index (χ1v) is 17.0. The van der Waals surface area contributed by atoms with Gasteiger partial charge in [-0.25, -0.2) is 9.36 Å². The summed E-state index contributed by atoms with van der Waals surface area (Å²) in [4.78, 5) is 44.4. The highest BCUT2D eigenvalue weighted by Gasteiger charge is 2.28. The van der Waals surface area contributed by atoms with Crippen molar-refractivity contribution < 1.29 is 47.8 Å². The summed E-state index contributed by atoms with van der Waals surface area (Å²) in [5, 5.41) is 21.2. The number of carbonyl (C=O) groups excluding carboxylic acids is 2. The molecule has 254 valence electrons. The number of hydrogen-bond acceptors (Lipinski definition) is 8. The second-order valence-corrected chi connectivity index (χ2v) is 11.3. The largest absolute Gasteiger partial charge is 0.480 e. The van der Waals surface area contributed by atoms with E-state index in [9.17, 15) is 34.1 Å². The number of aliphatic carboxylic acids is 1. The minimum atomic E-state index is -4.73. The predicted octanol–water partition coefficient (Wildman–Crippen LogP) is 6.26. The van der Waals surface area contributed by atoms with Crippen LogP contribution in [0, 0.1) is 0 Å². The Labute approximate surface area is 268 Å². The predicted molar refractivity (Wildman–Crippen MR) is 175 cm³/mol. The third-order valence-corrected chi connectivity index (χ3v) is 6.76. The van der Waals surface area contributed by atoms with E-state index >= 15 is 0 Å². The van der Waals surface area contributed by atoms with Crippen LogP contribution in [0.4, 0.5) is 0 Å². The molecular formula is C33H52NO10P. The number of carbonyl (C=O) groups is 3. The molecule has 0 aliphatic heterocycles. The first kappa shape index (κ1) is 41.9. The number of rotatable bonds is 27. The van der Waals surface area contributed by atoms with Crippen LogP contribution in [0.1, 0.15) is 84.5 Å². The van der Waals surface area contributed by atoms with E-state index in [1.165, 1.54) is 0 Å². The van der Waals surface area contributed by atoms with Gasteiger partial charge in [-0.2, -0.15) is 0 Å². The van der Waals surface area contributed by atoms with Crippen LogP contribution in [0.15, 0.2) is 72.9 Å². The molecule has 45 heavy (non-hydrogen) atoms. The summed E-state index contributed by atoms with van der Waals surface area (Å²) in [6.07, 6.45) is 32.1. The van der Waals surface area contributed by atoms with Gasteiger partial charge in [0.05, 0.1) is 13.2 Å². The first-order valence-electron chi connectivity index (χ1n) is 15.5. The molecule has 11 nitrogen and oxygen atoms in total. The van der Waals surface area contributed by atoms with Crippen LogP contribution in [0.2, 0.25) is 0 Å². The molecule has 0 aromatic carbocycles. The first-order chi connectivity index (χ1) is 21.6. The number of amides is 1. The zero-order valence-corrected chi connectivity index (χ0v) is 27.5. The van der Waals surface area contributed by atoms with Gasteiger partial charge in [0.2, 0.25) is 5.91 Å². The molecule has 0 rings (SSSR count). The molecule has 0 fully saturated rings. The summed E-state index contributed by atoms with van der Waals surface area (Å²) in [5.41, 5.74) is 0. The lowest BCUT2D eigenvalue weighted by molar-refractivity contribution is -0.146. The topological polar surface area (TPSA) is 169 Å². The van der Waals surface area contributed by atoms with Crippen LogP contribution in [-0.4, -0.2) is 64.9 Å². The number of carboxylic acid groups (broad SMARTS) is 1. The standard InChI is InChI=1S/C33H52NO10P/c1-3-5-6-7-8-9-10-11-12-13-14-15-16-17-18-19-20-21-22-23-24-25-31(36)34-30(33(38)39)28-44-45(40,41)43-27-29(35)26-42-32(37)4-2/h5-6,8-9,11-12,14-15,17-18,20-21,29-30,35H,3-4,7,10,13,16,19,22-28H2,1-2H3,(H,34,36)(H,38,39)(H,40,41)/b6-5-,9-8-,12-11-,15-14-,18-17-,21-20-. The fraction of sp³-hybridized carbons (Fsp3) is 0.545. The van der Waals surface area contributed by atoms with Crippen LogP contribution in [0.5, 0.6) is 0 Å². The molecule has 0 aromatic rings. The van der Waals surface area contributed by atoms with Crippen molar-refractivity contribution in [2.24, 2.45) is 0 Å². The average Bonchev–Trinajstić information content (AvgIpc) is 3.01. The molecule has 3 unspecified atom stereocenters. The number of unbranched alkanes of at least 4 members (excludes halogenated alkanes) is 2. The van der Waals surface area contributed by atoms with Crippen molar-refractivity contribution >= 4 is 25.7 Å². The van der Waals surface area contributed by atoms with Gasteiger partial charge in [-0.3, -0.25) is 18.6 Å². The van der Waals surface area contributed by atoms with Gasteiger partial charge in [-0.15, -0.1) is 0 Å². The van der Waals surface area contributed by atoms with Gasteiger partial charge in [0.1, 0.15) is 12.7 Å². The van der Waals surface area contributed by atoms with Crippen LogP contribution in [0.25, 0.3) is 0 Å². The Kier molecular flexibility index (Phi) is 26.5. The number of esters is 1. The molecule has 12 heteroatoms. The lowest BCUT2D eigenvalue weighted by atomic mass is 10.1. The zero-order valence-electron chi connectivity index (χ0n) is 26.6. The van der Waals surface area contributed by atoms with E-state index in [2.05, 4.69) is 92.9 Å². The van der Waals surface area contributed by atoms with E-state index in [-0.39, 0.29) is 12.8 Å². The van der Waals surface area contributed by atoms with E-state index in [4.69, 9.17) is 0 Å². The smallest absolute Gasteiger partial charge is 0.472 e. The summed E-state index contributed by atoms with van der Waals surface area (Å²) in [6, 6.07) is -1.57. The van der Waals surface area contributed by atoms with E-state index in [0.717, 1.165) is 51.4 Å². The van der Waals surface area contributed by atoms with E-state index < -0.39 is 57.6 Å². The second kappa shape index (κ2) is 28.4. The lowest BCUT2D eigenvalue weighted by Crippen LogP contribution is -2.43. The molecule has 0 bridgehead atoms. The molecule has 0 radical (unpaired) electrons. The lowest BCUT2D eigenvalue weighted by Gasteiger charge is -2.18. The fourth-order valence-electron chi connectivity index (χ4n) is 3.35. The van der Waals surface area contributed by atoms with Crippen molar-refractivity contribution in [1.29, 1.82) is 0 Å². The number of hydrogen-bond donors (Lipinski definition) is 4. The Hall–Kier alpha value is -3.08. The molecule has 0 saturated heterocycles. The summed E-state index contributed by atoms with van der Waals surface area (Å²) in [5.74, 6) is -2.55. The minimum absolute atomic E-state index is 0.0857. The molecule has 0 aliphatic carbocycles. The van der Waals surface area contributed by atoms with Gasteiger partial charge in [0, 0.05) is 12.8 Å². The van der Waals surface area contributed by atoms with Gasteiger partial charge in [-0.05, 0) is 57.8 Å². The molecule has 4 N–H and O–H groups in total. The fourth-order valence-corrected chi connectivity index (χ4v) is 4.13. The van der Waals surface area contributed by atoms with Gasteiger partial charge < -0.3 is 25.2 Å². The van der Waals surface area contributed by atoms with Gasteiger partial charge in [0.25, 0.3) is 0 Å². The highest BCUT2D eigenvalue weighted by atomic mass is 31.2. The molecule has 0 spiro atoms. The molecule has 0 heterocycles. The Balaban J connectivity index is 4.05. The SMILES string of the molecule is CC/C=C\C/C=C\C/C=C\C/C=C\C/C=C\C/C=C\CCCCC(=O)NC(COP(=O)(O)OCC(O)COC(=O)CC)C(=O)O. The third-order valence-electron chi connectivity index (χ3n) is 5.81. The van der Waals surface area contributed by atoms with Crippen molar-refractivity contribution in [1.82, 2.24) is 5.32 Å². The monoisotopic (exact) mass is 653 g/mol. The maximum atomic E-state index is 12.1.